The summed E-state index contributed by atoms with van der Waals surface area (Å²) >= 11 is 24.7. The fourth-order valence-corrected chi connectivity index (χ4v) is 3.91. The van der Waals surface area contributed by atoms with E-state index >= 15 is 0 Å². The largest absolute Gasteiger partial charge is 0.295 e. The van der Waals surface area contributed by atoms with Crippen molar-refractivity contribution in [1.29, 1.82) is 0 Å². The molecule has 26 heavy (non-hydrogen) atoms. The quantitative estimate of drug-likeness (QED) is 0.430. The molecule has 1 aromatic heterocycles. The summed E-state index contributed by atoms with van der Waals surface area (Å²) in [6, 6.07) is 12.0. The molecular weight excluding hydrogens is 416 g/mol. The van der Waals surface area contributed by atoms with Gasteiger partial charge in [-0.15, -0.1) is 11.6 Å². The van der Waals surface area contributed by atoms with E-state index in [-0.39, 0.29) is 5.91 Å². The Morgan fingerprint density at radius 1 is 1.08 bits per heavy atom. The van der Waals surface area contributed by atoms with Gasteiger partial charge in [-0.2, -0.15) is 0 Å². The van der Waals surface area contributed by atoms with Crippen molar-refractivity contribution >= 4 is 68.9 Å². The van der Waals surface area contributed by atoms with Crippen molar-refractivity contribution in [2.75, 3.05) is 5.43 Å². The van der Waals surface area contributed by atoms with Crippen LogP contribution >= 0.6 is 46.4 Å². The molecule has 2 atom stereocenters. The van der Waals surface area contributed by atoms with Crippen molar-refractivity contribution in [1.82, 2.24) is 9.99 Å². The Balaban J connectivity index is 1.71. The second-order valence-electron chi connectivity index (χ2n) is 5.83. The first-order valence-electron chi connectivity index (χ1n) is 7.69. The molecule has 3 aromatic rings. The van der Waals surface area contributed by atoms with Gasteiger partial charge in [0.15, 0.2) is 0 Å². The van der Waals surface area contributed by atoms with Crippen molar-refractivity contribution in [3.63, 3.8) is 0 Å². The number of hydrogen-bond acceptors (Lipinski definition) is 3. The first-order valence-corrected chi connectivity index (χ1v) is 9.26. The SMILES string of the molecule is O=C1C(Cl)C(c2cccc(Cl)c2Cl)N1Nc1ccnc2cc(Cl)ccc12. The number of halogens is 4. The van der Waals surface area contributed by atoms with Gasteiger partial charge in [0.2, 0.25) is 0 Å². The van der Waals surface area contributed by atoms with Gasteiger partial charge in [0.25, 0.3) is 5.91 Å². The summed E-state index contributed by atoms with van der Waals surface area (Å²) in [5.74, 6) is -0.244. The minimum atomic E-state index is -0.721. The number of β-lactam (4-membered cyclic amide) rings is 1. The molecular formula is C18H11Cl4N3O. The minimum absolute atomic E-state index is 0.244. The second-order valence-corrected chi connectivity index (χ2v) is 7.52. The molecule has 4 nitrogen and oxygen atoms in total. The number of amides is 1. The van der Waals surface area contributed by atoms with Crippen molar-refractivity contribution in [3.8, 4) is 0 Å². The highest BCUT2D eigenvalue weighted by Gasteiger charge is 2.48. The van der Waals surface area contributed by atoms with Crippen LogP contribution in [0, 0.1) is 0 Å². The molecule has 0 aliphatic carbocycles. The number of nitrogens with one attached hydrogen (secondary N) is 1. The van der Waals surface area contributed by atoms with Crippen molar-refractivity contribution in [3.05, 3.63) is 69.3 Å². The molecule has 1 fully saturated rings. The van der Waals surface area contributed by atoms with Crippen LogP contribution in [-0.2, 0) is 4.79 Å². The maximum absolute atomic E-state index is 12.4. The molecule has 1 saturated heterocycles. The Morgan fingerprint density at radius 3 is 2.69 bits per heavy atom. The molecule has 2 unspecified atom stereocenters. The van der Waals surface area contributed by atoms with Gasteiger partial charge in [-0.1, -0.05) is 46.9 Å². The van der Waals surface area contributed by atoms with Crippen LogP contribution in [0.2, 0.25) is 15.1 Å². The van der Waals surface area contributed by atoms with Crippen LogP contribution < -0.4 is 5.43 Å². The zero-order valence-electron chi connectivity index (χ0n) is 13.1. The van der Waals surface area contributed by atoms with E-state index in [1.165, 1.54) is 5.01 Å². The van der Waals surface area contributed by atoms with E-state index in [4.69, 9.17) is 46.4 Å². The van der Waals surface area contributed by atoms with Gasteiger partial charge in [-0.05, 0) is 35.9 Å². The topological polar surface area (TPSA) is 45.2 Å². The predicted octanol–water partition coefficient (Wildman–Crippen LogP) is 5.71. The third-order valence-electron chi connectivity index (χ3n) is 4.27. The van der Waals surface area contributed by atoms with Gasteiger partial charge < -0.3 is 0 Å². The molecule has 1 aliphatic rings. The van der Waals surface area contributed by atoms with Crippen LogP contribution in [-0.4, -0.2) is 21.3 Å². The fraction of sp³-hybridized carbons (Fsp3) is 0.111. The zero-order chi connectivity index (χ0) is 18.4. The lowest BCUT2D eigenvalue weighted by atomic mass is 9.95. The standard InChI is InChI=1S/C18H11Cl4N3O/c19-9-4-5-10-13(6-7-23-14(10)8-9)24-25-17(16(22)18(25)26)11-2-1-3-12(20)15(11)21/h1-8,16-17H,(H,23,24). The molecule has 1 N–H and O–H groups in total. The van der Waals surface area contributed by atoms with Crippen molar-refractivity contribution in [2.24, 2.45) is 0 Å². The van der Waals surface area contributed by atoms with Gasteiger partial charge in [0, 0.05) is 16.6 Å². The highest BCUT2D eigenvalue weighted by atomic mass is 35.5. The smallest absolute Gasteiger partial charge is 0.262 e. The summed E-state index contributed by atoms with van der Waals surface area (Å²) in [6.07, 6.45) is 1.64. The summed E-state index contributed by atoms with van der Waals surface area (Å²) in [4.78, 5) is 16.7. The third-order valence-corrected chi connectivity index (χ3v) is 5.77. The number of alkyl halides is 1. The lowest BCUT2D eigenvalue weighted by Gasteiger charge is -2.45. The normalized spacial score (nSPS) is 19.5. The number of hydrazine groups is 1. The maximum atomic E-state index is 12.4. The Hall–Kier alpha value is -1.72. The van der Waals surface area contributed by atoms with Gasteiger partial charge in [0.05, 0.1) is 21.2 Å². The van der Waals surface area contributed by atoms with E-state index in [1.807, 2.05) is 6.07 Å². The number of nitrogens with zero attached hydrogens (tertiary/aromatic N) is 2. The predicted molar refractivity (Wildman–Crippen MR) is 106 cm³/mol. The highest BCUT2D eigenvalue weighted by Crippen LogP contribution is 2.43. The molecule has 0 bridgehead atoms. The average molecular weight is 427 g/mol. The van der Waals surface area contributed by atoms with Crippen LogP contribution in [0.3, 0.4) is 0 Å². The van der Waals surface area contributed by atoms with E-state index in [2.05, 4.69) is 10.4 Å². The maximum Gasteiger partial charge on any atom is 0.262 e. The minimum Gasteiger partial charge on any atom is -0.295 e. The van der Waals surface area contributed by atoms with Crippen molar-refractivity contribution in [2.45, 2.75) is 11.4 Å². The monoisotopic (exact) mass is 425 g/mol. The van der Waals surface area contributed by atoms with Gasteiger partial charge in [-0.25, -0.2) is 5.01 Å². The molecule has 1 aliphatic heterocycles. The first-order chi connectivity index (χ1) is 12.5. The number of anilines is 1. The van der Waals surface area contributed by atoms with Gasteiger partial charge >= 0.3 is 0 Å². The molecule has 2 heterocycles. The highest BCUT2D eigenvalue weighted by molar-refractivity contribution is 6.43. The summed E-state index contributed by atoms with van der Waals surface area (Å²) < 4.78 is 0. The number of pyridine rings is 1. The Kier molecular flexibility index (Phi) is 4.61. The number of carbonyl (C=O) groups is 1. The van der Waals surface area contributed by atoms with Gasteiger partial charge in [-0.3, -0.25) is 15.2 Å². The number of benzene rings is 2. The van der Waals surface area contributed by atoms with Crippen LogP contribution in [0.5, 0.6) is 0 Å². The Morgan fingerprint density at radius 2 is 1.88 bits per heavy atom. The molecule has 8 heteroatoms. The fourth-order valence-electron chi connectivity index (χ4n) is 2.97. The summed E-state index contributed by atoms with van der Waals surface area (Å²) in [6.45, 7) is 0. The Labute approximate surface area is 169 Å². The summed E-state index contributed by atoms with van der Waals surface area (Å²) in [7, 11) is 0. The zero-order valence-corrected chi connectivity index (χ0v) is 16.1. The van der Waals surface area contributed by atoms with Crippen LogP contribution in [0.1, 0.15) is 11.6 Å². The molecule has 2 aromatic carbocycles. The van der Waals surface area contributed by atoms with E-state index in [1.54, 1.807) is 42.6 Å². The lowest BCUT2D eigenvalue weighted by Crippen LogP contribution is -2.58. The number of fused-ring (bicyclic) bond motifs is 1. The van der Waals surface area contributed by atoms with Gasteiger partial charge in [0.1, 0.15) is 11.4 Å². The summed E-state index contributed by atoms with van der Waals surface area (Å²) in [5, 5.41) is 2.96. The number of hydrogen-bond donors (Lipinski definition) is 1. The average Bonchev–Trinajstić information content (AvgIpc) is 2.64. The van der Waals surface area contributed by atoms with Crippen LogP contribution in [0.4, 0.5) is 5.69 Å². The number of carbonyl (C=O) groups excluding carboxylic acids is 1. The molecule has 0 radical (unpaired) electrons. The van der Waals surface area contributed by atoms with E-state index in [9.17, 15) is 4.79 Å². The molecule has 0 spiro atoms. The van der Waals surface area contributed by atoms with Crippen LogP contribution in [0.15, 0.2) is 48.7 Å². The van der Waals surface area contributed by atoms with Crippen LogP contribution in [0.25, 0.3) is 10.9 Å². The molecule has 4 rings (SSSR count). The van der Waals surface area contributed by atoms with Crippen molar-refractivity contribution < 1.29 is 4.79 Å². The lowest BCUT2D eigenvalue weighted by molar-refractivity contribution is -0.143. The van der Waals surface area contributed by atoms with E-state index < -0.39 is 11.4 Å². The molecule has 1 amide bonds. The first kappa shape index (κ1) is 17.7. The molecule has 0 saturated carbocycles. The number of rotatable bonds is 3. The van der Waals surface area contributed by atoms with E-state index in [0.717, 1.165) is 10.9 Å². The molecule has 132 valence electrons. The third kappa shape index (κ3) is 2.87. The number of aromatic nitrogens is 1. The van der Waals surface area contributed by atoms with E-state index in [0.29, 0.717) is 26.3 Å². The second kappa shape index (κ2) is 6.78. The summed E-state index contributed by atoms with van der Waals surface area (Å²) in [5.41, 5.74) is 5.25. The Bertz CT molecular complexity index is 1030.